The summed E-state index contributed by atoms with van der Waals surface area (Å²) in [6.07, 6.45) is 1.64. The fraction of sp³-hybridized carbons (Fsp3) is 0.167. The monoisotopic (exact) mass is 272 g/mol. The first-order chi connectivity index (χ1) is 9.49. The van der Waals surface area contributed by atoms with Gasteiger partial charge >= 0.3 is 0 Å². The van der Waals surface area contributed by atoms with Crippen molar-refractivity contribution in [1.82, 2.24) is 14.8 Å². The van der Waals surface area contributed by atoms with E-state index in [1.54, 1.807) is 6.33 Å². The minimum atomic E-state index is -0.131. The maximum absolute atomic E-state index is 5.64. The Morgan fingerprint density at radius 1 is 1.25 bits per heavy atom. The van der Waals surface area contributed by atoms with E-state index in [1.807, 2.05) is 36.7 Å². The molecule has 0 spiro atoms. The smallest absolute Gasteiger partial charge is 0.223 e. The van der Waals surface area contributed by atoms with Crippen LogP contribution < -0.4 is 17.2 Å². The van der Waals surface area contributed by atoms with Crippen LogP contribution in [0, 0.1) is 6.92 Å². The lowest BCUT2D eigenvalue weighted by Gasteiger charge is -2.07. The van der Waals surface area contributed by atoms with Gasteiger partial charge in [0, 0.05) is 12.6 Å². The lowest BCUT2D eigenvalue weighted by molar-refractivity contribution is 0.918. The Morgan fingerprint density at radius 3 is 2.60 bits per heavy atom. The SMILES string of the molecule is Cc1c(N=C(N)N=C(N)N)cccc1-c1nncn1C. The third-order valence-corrected chi connectivity index (χ3v) is 2.74. The van der Waals surface area contributed by atoms with Crippen molar-refractivity contribution in [2.75, 3.05) is 0 Å². The quantitative estimate of drug-likeness (QED) is 0.523. The number of aliphatic imine (C=N–C) groups is 2. The first-order valence-corrected chi connectivity index (χ1v) is 5.87. The number of nitrogens with zero attached hydrogens (tertiary/aromatic N) is 5. The van der Waals surface area contributed by atoms with Gasteiger partial charge in [-0.05, 0) is 18.6 Å². The number of guanidine groups is 2. The molecule has 0 bridgehead atoms. The Balaban J connectivity index is 2.49. The molecular formula is C12H16N8. The number of rotatable bonds is 2. The van der Waals surface area contributed by atoms with Gasteiger partial charge in [-0.25, -0.2) is 4.99 Å². The molecule has 0 aliphatic heterocycles. The second-order valence-corrected chi connectivity index (χ2v) is 4.22. The van der Waals surface area contributed by atoms with Crippen LogP contribution in [-0.2, 0) is 7.05 Å². The standard InChI is InChI=1S/C12H16N8/c1-7-8(10-19-16-6-20(10)2)4-3-5-9(7)17-12(15)18-11(13)14/h3-6H,1-2H3,(H6,13,14,15,17,18). The molecule has 0 atom stereocenters. The maximum Gasteiger partial charge on any atom is 0.223 e. The predicted molar refractivity (Wildman–Crippen MR) is 78.3 cm³/mol. The zero-order valence-electron chi connectivity index (χ0n) is 11.3. The molecule has 0 aliphatic carbocycles. The lowest BCUT2D eigenvalue weighted by Crippen LogP contribution is -2.26. The summed E-state index contributed by atoms with van der Waals surface area (Å²) in [5.41, 5.74) is 18.7. The molecule has 0 saturated carbocycles. The third-order valence-electron chi connectivity index (χ3n) is 2.74. The minimum Gasteiger partial charge on any atom is -0.370 e. The summed E-state index contributed by atoms with van der Waals surface area (Å²) in [4.78, 5) is 7.88. The van der Waals surface area contributed by atoms with Crippen LogP contribution in [0.25, 0.3) is 11.4 Å². The van der Waals surface area contributed by atoms with E-state index in [9.17, 15) is 0 Å². The van der Waals surface area contributed by atoms with Crippen molar-refractivity contribution >= 4 is 17.6 Å². The van der Waals surface area contributed by atoms with Crippen LogP contribution in [0.1, 0.15) is 5.56 Å². The number of hydrogen-bond acceptors (Lipinski definition) is 3. The van der Waals surface area contributed by atoms with Crippen molar-refractivity contribution in [3.05, 3.63) is 30.1 Å². The Bertz CT molecular complexity index is 679. The van der Waals surface area contributed by atoms with Gasteiger partial charge in [-0.15, -0.1) is 10.2 Å². The number of aromatic nitrogens is 3. The van der Waals surface area contributed by atoms with Crippen LogP contribution in [-0.4, -0.2) is 26.7 Å². The maximum atomic E-state index is 5.64. The highest BCUT2D eigenvalue weighted by Gasteiger charge is 2.10. The Labute approximate surface area is 116 Å². The van der Waals surface area contributed by atoms with Gasteiger partial charge < -0.3 is 21.8 Å². The second kappa shape index (κ2) is 5.39. The van der Waals surface area contributed by atoms with Gasteiger partial charge in [0.1, 0.15) is 6.33 Å². The van der Waals surface area contributed by atoms with Gasteiger partial charge in [-0.2, -0.15) is 4.99 Å². The van der Waals surface area contributed by atoms with Gasteiger partial charge in [-0.3, -0.25) is 0 Å². The van der Waals surface area contributed by atoms with Crippen molar-refractivity contribution in [2.24, 2.45) is 34.2 Å². The Kier molecular flexibility index (Phi) is 3.65. The summed E-state index contributed by atoms with van der Waals surface area (Å²) < 4.78 is 1.83. The van der Waals surface area contributed by atoms with Gasteiger partial charge in [-0.1, -0.05) is 12.1 Å². The van der Waals surface area contributed by atoms with E-state index in [1.165, 1.54) is 0 Å². The number of hydrogen-bond donors (Lipinski definition) is 3. The largest absolute Gasteiger partial charge is 0.370 e. The summed E-state index contributed by atoms with van der Waals surface area (Å²) in [7, 11) is 1.87. The number of benzene rings is 1. The Hall–Kier alpha value is -2.90. The molecule has 0 unspecified atom stereocenters. The molecule has 20 heavy (non-hydrogen) atoms. The molecular weight excluding hydrogens is 256 g/mol. The summed E-state index contributed by atoms with van der Waals surface area (Å²) in [6, 6.07) is 5.62. The van der Waals surface area contributed by atoms with E-state index in [4.69, 9.17) is 17.2 Å². The lowest BCUT2D eigenvalue weighted by atomic mass is 10.1. The van der Waals surface area contributed by atoms with E-state index in [2.05, 4.69) is 20.2 Å². The Morgan fingerprint density at radius 2 is 2.00 bits per heavy atom. The van der Waals surface area contributed by atoms with Crippen molar-refractivity contribution in [2.45, 2.75) is 6.92 Å². The first kappa shape index (κ1) is 13.5. The van der Waals surface area contributed by atoms with Gasteiger partial charge in [0.25, 0.3) is 0 Å². The van der Waals surface area contributed by atoms with E-state index in [0.29, 0.717) is 5.69 Å². The van der Waals surface area contributed by atoms with Crippen LogP contribution in [0.2, 0.25) is 0 Å². The van der Waals surface area contributed by atoms with E-state index in [-0.39, 0.29) is 11.9 Å². The molecule has 8 nitrogen and oxygen atoms in total. The van der Waals surface area contributed by atoms with Gasteiger partial charge in [0.05, 0.1) is 5.69 Å². The van der Waals surface area contributed by atoms with Crippen LogP contribution in [0.3, 0.4) is 0 Å². The highest BCUT2D eigenvalue weighted by Crippen LogP contribution is 2.28. The zero-order chi connectivity index (χ0) is 14.7. The molecule has 1 heterocycles. The summed E-state index contributed by atoms with van der Waals surface area (Å²) in [5, 5.41) is 7.95. The summed E-state index contributed by atoms with van der Waals surface area (Å²) >= 11 is 0. The highest BCUT2D eigenvalue weighted by atomic mass is 15.2. The van der Waals surface area contributed by atoms with Crippen molar-refractivity contribution in [1.29, 1.82) is 0 Å². The molecule has 0 saturated heterocycles. The number of nitrogens with two attached hydrogens (primary N) is 3. The molecule has 8 heteroatoms. The molecule has 1 aromatic heterocycles. The van der Waals surface area contributed by atoms with Crippen molar-refractivity contribution in [3.63, 3.8) is 0 Å². The molecule has 2 aromatic rings. The predicted octanol–water partition coefficient (Wildman–Crippen LogP) is 0.0101. The molecule has 0 aliphatic rings. The average Bonchev–Trinajstić information content (AvgIpc) is 2.77. The average molecular weight is 272 g/mol. The molecule has 2 rings (SSSR count). The van der Waals surface area contributed by atoms with Crippen LogP contribution in [0.5, 0.6) is 0 Å². The first-order valence-electron chi connectivity index (χ1n) is 5.87. The minimum absolute atomic E-state index is 0.00298. The highest BCUT2D eigenvalue weighted by molar-refractivity contribution is 5.94. The second-order valence-electron chi connectivity index (χ2n) is 4.22. The van der Waals surface area contributed by atoms with E-state index < -0.39 is 0 Å². The number of aryl methyl sites for hydroxylation is 1. The molecule has 0 fully saturated rings. The van der Waals surface area contributed by atoms with Gasteiger partial charge in [0.15, 0.2) is 11.8 Å². The van der Waals surface area contributed by atoms with Crippen LogP contribution in [0.4, 0.5) is 5.69 Å². The molecule has 1 aromatic carbocycles. The van der Waals surface area contributed by atoms with E-state index in [0.717, 1.165) is 17.0 Å². The van der Waals surface area contributed by atoms with E-state index >= 15 is 0 Å². The molecule has 0 amide bonds. The van der Waals surface area contributed by atoms with Gasteiger partial charge in [0.2, 0.25) is 5.96 Å². The molecule has 6 N–H and O–H groups in total. The zero-order valence-corrected chi connectivity index (χ0v) is 11.3. The van der Waals surface area contributed by atoms with Crippen LogP contribution >= 0.6 is 0 Å². The van der Waals surface area contributed by atoms with Crippen molar-refractivity contribution < 1.29 is 0 Å². The topological polar surface area (TPSA) is 133 Å². The molecule has 0 radical (unpaired) electrons. The van der Waals surface area contributed by atoms with Crippen LogP contribution in [0.15, 0.2) is 34.5 Å². The normalized spacial score (nSPS) is 11.4. The van der Waals surface area contributed by atoms with Crippen molar-refractivity contribution in [3.8, 4) is 11.4 Å². The fourth-order valence-electron chi connectivity index (χ4n) is 1.79. The third kappa shape index (κ3) is 2.74. The molecule has 104 valence electrons. The fourth-order valence-corrected chi connectivity index (χ4v) is 1.79. The summed E-state index contributed by atoms with van der Waals surface area (Å²) in [5.74, 6) is 0.622. The summed E-state index contributed by atoms with van der Waals surface area (Å²) in [6.45, 7) is 1.92.